The van der Waals surface area contributed by atoms with E-state index < -0.39 is 8.07 Å². The summed E-state index contributed by atoms with van der Waals surface area (Å²) in [6, 6.07) is 21.3. The fraction of sp³-hybridized carbons (Fsp3) is 0.385. The molecule has 0 aliphatic heterocycles. The van der Waals surface area contributed by atoms with Crippen LogP contribution in [0.25, 0.3) is 3.58 Å². The van der Waals surface area contributed by atoms with Gasteiger partial charge in [-0.3, -0.25) is 0 Å². The molecule has 1 unspecified atom stereocenters. The van der Waals surface area contributed by atoms with E-state index in [4.69, 9.17) is 0 Å². The van der Waals surface area contributed by atoms with Crippen LogP contribution in [0.1, 0.15) is 43.2 Å². The predicted molar refractivity (Wildman–Crippen MR) is 137 cm³/mol. The van der Waals surface area contributed by atoms with Gasteiger partial charge in [0, 0.05) is 3.58 Å². The number of hydrogen-bond acceptors (Lipinski definition) is 1. The van der Waals surface area contributed by atoms with Crippen molar-refractivity contribution in [2.75, 3.05) is 0 Å². The van der Waals surface area contributed by atoms with Crippen LogP contribution < -0.4 is 0 Å². The molecule has 1 aliphatic rings. The quantitative estimate of drug-likeness (QED) is 0.310. The summed E-state index contributed by atoms with van der Waals surface area (Å²) in [5, 5.41) is 12.8. The predicted octanol–water partition coefficient (Wildman–Crippen LogP) is 7.57. The van der Waals surface area contributed by atoms with Crippen molar-refractivity contribution in [2.45, 2.75) is 64.3 Å². The van der Waals surface area contributed by atoms with E-state index in [-0.39, 0.29) is 6.10 Å². The smallest absolute Gasteiger partial charge is 0.0761 e. The van der Waals surface area contributed by atoms with E-state index in [2.05, 4.69) is 103 Å². The van der Waals surface area contributed by atoms with Crippen LogP contribution in [0, 0.1) is 0 Å². The molecule has 1 nitrogen and oxygen atoms in total. The zero-order valence-electron chi connectivity index (χ0n) is 17.9. The summed E-state index contributed by atoms with van der Waals surface area (Å²) in [4.78, 5) is 0. The molecule has 154 valence electrons. The minimum absolute atomic E-state index is 0.343. The summed E-state index contributed by atoms with van der Waals surface area (Å²) < 4.78 is 1.36. The monoisotopic (exact) mass is 516 g/mol. The lowest BCUT2D eigenvalue weighted by Gasteiger charge is -2.33. The van der Waals surface area contributed by atoms with Gasteiger partial charge in [-0.25, -0.2) is 0 Å². The molecule has 2 aromatic carbocycles. The molecule has 0 heterocycles. The Morgan fingerprint density at radius 3 is 2.03 bits per heavy atom. The molecule has 29 heavy (non-hydrogen) atoms. The number of hydrogen-bond donors (Lipinski definition) is 1. The van der Waals surface area contributed by atoms with Crippen LogP contribution in [0.4, 0.5) is 0 Å². The summed E-state index contributed by atoms with van der Waals surface area (Å²) in [7, 11) is -1.67. The molecule has 2 aromatic rings. The zero-order chi connectivity index (χ0) is 20.9. The Morgan fingerprint density at radius 2 is 1.45 bits per heavy atom. The molecule has 1 saturated carbocycles. The van der Waals surface area contributed by atoms with Crippen molar-refractivity contribution in [3.63, 3.8) is 0 Å². The van der Waals surface area contributed by atoms with Gasteiger partial charge in [-0.2, -0.15) is 0 Å². The van der Waals surface area contributed by atoms with Crippen LogP contribution in [0.5, 0.6) is 0 Å². The van der Waals surface area contributed by atoms with Gasteiger partial charge in [-0.1, -0.05) is 85.5 Å². The van der Waals surface area contributed by atoms with Gasteiger partial charge in [0.1, 0.15) is 0 Å². The van der Waals surface area contributed by atoms with Crippen LogP contribution in [0.15, 0.2) is 77.0 Å². The minimum Gasteiger partial charge on any atom is -0.389 e. The van der Waals surface area contributed by atoms with Crippen molar-refractivity contribution in [3.05, 3.63) is 88.1 Å². The molecule has 0 saturated heterocycles. The average Bonchev–Trinajstić information content (AvgIpc) is 2.73. The van der Waals surface area contributed by atoms with Gasteiger partial charge in [0.05, 0.1) is 14.2 Å². The highest BCUT2D eigenvalue weighted by Gasteiger charge is 2.31. The lowest BCUT2D eigenvalue weighted by atomic mass is 9.86. The van der Waals surface area contributed by atoms with E-state index in [1.807, 2.05) is 0 Å². The van der Waals surface area contributed by atoms with Gasteiger partial charge in [0.25, 0.3) is 0 Å². The van der Waals surface area contributed by atoms with Crippen LogP contribution in [0.2, 0.25) is 19.6 Å². The minimum atomic E-state index is -1.67. The van der Waals surface area contributed by atoms with E-state index in [0.29, 0.717) is 0 Å². The van der Waals surface area contributed by atoms with E-state index in [0.717, 1.165) is 25.7 Å². The number of aryl methyl sites for hydroxylation is 1. The SMILES string of the molecule is C[Si](C)(C)/C(=C1\CCCC\C1=C(\I)c1ccccc1)C(O)CCc1ccccc1. The van der Waals surface area contributed by atoms with Crippen molar-refractivity contribution < 1.29 is 5.11 Å². The third-order valence-corrected chi connectivity index (χ3v) is 9.30. The number of aliphatic hydroxyl groups is 1. The first-order chi connectivity index (χ1) is 13.9. The lowest BCUT2D eigenvalue weighted by Crippen LogP contribution is -2.35. The largest absolute Gasteiger partial charge is 0.389 e. The molecule has 0 amide bonds. The highest BCUT2D eigenvalue weighted by Crippen LogP contribution is 2.42. The fourth-order valence-electron chi connectivity index (χ4n) is 4.45. The van der Waals surface area contributed by atoms with Crippen molar-refractivity contribution in [3.8, 4) is 0 Å². The normalized spacial score (nSPS) is 19.6. The van der Waals surface area contributed by atoms with Crippen LogP contribution >= 0.6 is 22.6 Å². The molecule has 3 heteroatoms. The van der Waals surface area contributed by atoms with Gasteiger partial charge >= 0.3 is 0 Å². The fourth-order valence-corrected chi connectivity index (χ4v) is 7.73. The standard InChI is InChI=1S/C26H33IOSi/c1-29(2,3)26(24(28)19-18-20-12-6-4-7-13-20)23-17-11-10-16-22(23)25(27)21-14-8-5-9-15-21/h4-9,12-15,24,28H,10-11,16-19H2,1-3H3/b25-22-,26-23+. The molecule has 0 radical (unpaired) electrons. The lowest BCUT2D eigenvalue weighted by molar-refractivity contribution is 0.205. The topological polar surface area (TPSA) is 20.2 Å². The summed E-state index contributed by atoms with van der Waals surface area (Å²) in [5.74, 6) is 0. The summed E-state index contributed by atoms with van der Waals surface area (Å²) in [5.41, 5.74) is 5.57. The first-order valence-electron chi connectivity index (χ1n) is 10.8. The second kappa shape index (κ2) is 10.2. The van der Waals surface area contributed by atoms with Gasteiger partial charge in [-0.15, -0.1) is 0 Å². The Labute approximate surface area is 191 Å². The van der Waals surface area contributed by atoms with Crippen LogP contribution in [-0.4, -0.2) is 19.3 Å². The van der Waals surface area contributed by atoms with E-state index >= 15 is 0 Å². The molecular weight excluding hydrogens is 483 g/mol. The molecule has 0 bridgehead atoms. The van der Waals surface area contributed by atoms with Gasteiger partial charge in [-0.05, 0) is 83.4 Å². The van der Waals surface area contributed by atoms with Crippen molar-refractivity contribution >= 4 is 34.2 Å². The maximum Gasteiger partial charge on any atom is 0.0761 e. The van der Waals surface area contributed by atoms with Crippen molar-refractivity contribution in [1.82, 2.24) is 0 Å². The third kappa shape index (κ3) is 5.93. The zero-order valence-corrected chi connectivity index (χ0v) is 21.1. The number of rotatable bonds is 6. The highest BCUT2D eigenvalue weighted by molar-refractivity contribution is 14.1. The summed E-state index contributed by atoms with van der Waals surface area (Å²) in [6.45, 7) is 7.17. The molecule has 1 fully saturated rings. The molecule has 0 aromatic heterocycles. The average molecular weight is 517 g/mol. The Hall–Kier alpha value is -1.17. The van der Waals surface area contributed by atoms with E-state index in [1.165, 1.54) is 43.9 Å². The first kappa shape index (κ1) is 22.5. The number of allylic oxidation sites excluding steroid dienone is 2. The highest BCUT2D eigenvalue weighted by atomic mass is 127. The van der Waals surface area contributed by atoms with Crippen LogP contribution in [-0.2, 0) is 6.42 Å². The number of benzene rings is 2. The van der Waals surface area contributed by atoms with Crippen LogP contribution in [0.3, 0.4) is 0 Å². The van der Waals surface area contributed by atoms with E-state index in [9.17, 15) is 5.11 Å². The maximum atomic E-state index is 11.4. The first-order valence-corrected chi connectivity index (χ1v) is 15.4. The Morgan fingerprint density at radius 1 is 0.897 bits per heavy atom. The summed E-state index contributed by atoms with van der Waals surface area (Å²) >= 11 is 2.54. The third-order valence-electron chi connectivity index (χ3n) is 5.78. The maximum absolute atomic E-state index is 11.4. The molecule has 1 N–H and O–H groups in total. The Kier molecular flexibility index (Phi) is 7.94. The second-order valence-electron chi connectivity index (χ2n) is 9.05. The molecule has 1 atom stereocenters. The molecule has 0 spiro atoms. The van der Waals surface area contributed by atoms with Gasteiger partial charge in [0.15, 0.2) is 0 Å². The Bertz CT molecular complexity index is 863. The summed E-state index contributed by atoms with van der Waals surface area (Å²) in [6.07, 6.45) is 6.11. The van der Waals surface area contributed by atoms with Gasteiger partial charge in [0.2, 0.25) is 0 Å². The molecule has 3 rings (SSSR count). The van der Waals surface area contributed by atoms with Gasteiger partial charge < -0.3 is 5.11 Å². The molecular formula is C26H33IOSi. The number of aliphatic hydroxyl groups excluding tert-OH is 1. The number of halogens is 1. The van der Waals surface area contributed by atoms with Crippen molar-refractivity contribution in [2.24, 2.45) is 0 Å². The Balaban J connectivity index is 1.99. The second-order valence-corrected chi connectivity index (χ2v) is 15.2. The molecule has 1 aliphatic carbocycles. The van der Waals surface area contributed by atoms with E-state index in [1.54, 1.807) is 0 Å². The van der Waals surface area contributed by atoms with Crippen molar-refractivity contribution in [1.29, 1.82) is 0 Å².